The van der Waals surface area contributed by atoms with Crippen LogP contribution in [0.3, 0.4) is 0 Å². The molecule has 0 aliphatic rings. The van der Waals surface area contributed by atoms with E-state index in [1.54, 1.807) is 18.2 Å². The van der Waals surface area contributed by atoms with E-state index in [9.17, 15) is 9.18 Å². The van der Waals surface area contributed by atoms with E-state index in [0.29, 0.717) is 5.56 Å². The molecule has 0 aromatic heterocycles. The summed E-state index contributed by atoms with van der Waals surface area (Å²) in [5, 5.41) is 1.75. The molecule has 0 N–H and O–H groups in total. The number of hydrogen-bond donors (Lipinski definition) is 0. The number of benzene rings is 2. The molecule has 0 spiro atoms. The van der Waals surface area contributed by atoms with Gasteiger partial charge in [-0.1, -0.05) is 6.07 Å². The van der Waals surface area contributed by atoms with Gasteiger partial charge >= 0.3 is 0 Å². The van der Waals surface area contributed by atoms with Gasteiger partial charge in [-0.15, -0.1) is 0 Å². The molecule has 0 radical (unpaired) electrons. The van der Waals surface area contributed by atoms with Gasteiger partial charge in [0.25, 0.3) is 0 Å². The largest absolute Gasteiger partial charge is 0.298 e. The second-order valence-electron chi connectivity index (χ2n) is 3.32. The third-order valence-corrected chi connectivity index (χ3v) is 2.28. The molecule has 2 aromatic carbocycles. The highest BCUT2D eigenvalue weighted by molar-refractivity contribution is 5.91. The quantitative estimate of drug-likeness (QED) is 0.628. The van der Waals surface area contributed by atoms with Gasteiger partial charge in [0.05, 0.1) is 0 Å². The van der Waals surface area contributed by atoms with E-state index in [2.05, 4.69) is 0 Å². The van der Waals surface area contributed by atoms with Crippen LogP contribution in [0.4, 0.5) is 4.39 Å². The molecule has 1 nitrogen and oxygen atoms in total. The highest BCUT2D eigenvalue weighted by Gasteiger charge is 2.01. The van der Waals surface area contributed by atoms with Gasteiger partial charge in [-0.05, 0) is 47.5 Å². The number of aryl methyl sites for hydroxylation is 1. The summed E-state index contributed by atoms with van der Waals surface area (Å²) < 4.78 is 12.9. The molecule has 0 aliphatic carbocycles. The molecule has 70 valence electrons. The van der Waals surface area contributed by atoms with E-state index in [1.807, 2.05) is 6.92 Å². The monoisotopic (exact) mass is 188 g/mol. The lowest BCUT2D eigenvalue weighted by Crippen LogP contribution is -1.85. The fraction of sp³-hybridized carbons (Fsp3) is 0.0833. The summed E-state index contributed by atoms with van der Waals surface area (Å²) in [6, 6.07) is 8.09. The Hall–Kier alpha value is -1.70. The lowest BCUT2D eigenvalue weighted by Gasteiger charge is -2.03. The van der Waals surface area contributed by atoms with Crippen LogP contribution in [0, 0.1) is 12.7 Å². The minimum absolute atomic E-state index is 0.278. The third-order valence-electron chi connectivity index (χ3n) is 2.28. The summed E-state index contributed by atoms with van der Waals surface area (Å²) in [5.41, 5.74) is 1.57. The van der Waals surface area contributed by atoms with Crippen LogP contribution in [0.1, 0.15) is 15.9 Å². The Balaban J connectivity index is 2.83. The molecule has 0 saturated heterocycles. The Kier molecular flexibility index (Phi) is 2.04. The zero-order valence-corrected chi connectivity index (χ0v) is 7.75. The maximum absolute atomic E-state index is 12.9. The molecule has 0 aliphatic heterocycles. The summed E-state index contributed by atoms with van der Waals surface area (Å²) >= 11 is 0. The lowest BCUT2D eigenvalue weighted by atomic mass is 10.0. The van der Waals surface area contributed by atoms with E-state index in [1.165, 1.54) is 12.1 Å². The van der Waals surface area contributed by atoms with Crippen LogP contribution in [0.25, 0.3) is 10.8 Å². The van der Waals surface area contributed by atoms with Crippen molar-refractivity contribution >= 4 is 17.1 Å². The third kappa shape index (κ3) is 1.39. The highest BCUT2D eigenvalue weighted by Crippen LogP contribution is 2.20. The SMILES string of the molecule is Cc1cc(C=O)cc2cc(F)ccc12. The van der Waals surface area contributed by atoms with Gasteiger partial charge in [0.1, 0.15) is 12.1 Å². The summed E-state index contributed by atoms with van der Waals surface area (Å²) in [5.74, 6) is -0.278. The Bertz CT molecular complexity index is 503. The Labute approximate surface area is 81.2 Å². The second-order valence-corrected chi connectivity index (χ2v) is 3.32. The molecule has 14 heavy (non-hydrogen) atoms. The van der Waals surface area contributed by atoms with E-state index < -0.39 is 0 Å². The summed E-state index contributed by atoms with van der Waals surface area (Å²) in [4.78, 5) is 10.6. The highest BCUT2D eigenvalue weighted by atomic mass is 19.1. The smallest absolute Gasteiger partial charge is 0.150 e. The second kappa shape index (κ2) is 3.22. The van der Waals surface area contributed by atoms with Crippen LogP contribution in [0.5, 0.6) is 0 Å². The van der Waals surface area contributed by atoms with Gasteiger partial charge in [-0.25, -0.2) is 4.39 Å². The maximum atomic E-state index is 12.9. The van der Waals surface area contributed by atoms with E-state index in [0.717, 1.165) is 22.6 Å². The fourth-order valence-corrected chi connectivity index (χ4v) is 1.63. The van der Waals surface area contributed by atoms with Crippen molar-refractivity contribution in [2.24, 2.45) is 0 Å². The average molecular weight is 188 g/mol. The molecule has 2 aromatic rings. The first-order valence-electron chi connectivity index (χ1n) is 4.36. The number of rotatable bonds is 1. The van der Waals surface area contributed by atoms with Crippen molar-refractivity contribution in [2.45, 2.75) is 6.92 Å². The van der Waals surface area contributed by atoms with Crippen LogP contribution in [0.2, 0.25) is 0 Å². The lowest BCUT2D eigenvalue weighted by molar-refractivity contribution is 0.112. The van der Waals surface area contributed by atoms with Gasteiger partial charge in [0.2, 0.25) is 0 Å². The van der Waals surface area contributed by atoms with Crippen LogP contribution in [0.15, 0.2) is 30.3 Å². The number of carbonyl (C=O) groups is 1. The molecule has 2 heteroatoms. The van der Waals surface area contributed by atoms with Crippen molar-refractivity contribution in [3.05, 3.63) is 47.3 Å². The van der Waals surface area contributed by atoms with Crippen molar-refractivity contribution in [3.8, 4) is 0 Å². The molecule has 0 unspecified atom stereocenters. The van der Waals surface area contributed by atoms with Crippen LogP contribution >= 0.6 is 0 Å². The van der Waals surface area contributed by atoms with Gasteiger partial charge in [0.15, 0.2) is 0 Å². The zero-order valence-electron chi connectivity index (χ0n) is 7.75. The minimum Gasteiger partial charge on any atom is -0.298 e. The number of fused-ring (bicyclic) bond motifs is 1. The Morgan fingerprint density at radius 1 is 1.21 bits per heavy atom. The van der Waals surface area contributed by atoms with Crippen LogP contribution < -0.4 is 0 Å². The van der Waals surface area contributed by atoms with Gasteiger partial charge in [-0.2, -0.15) is 0 Å². The molecule has 0 bridgehead atoms. The minimum atomic E-state index is -0.278. The fourth-order valence-electron chi connectivity index (χ4n) is 1.63. The first-order chi connectivity index (χ1) is 6.70. The van der Waals surface area contributed by atoms with E-state index in [4.69, 9.17) is 0 Å². The normalized spacial score (nSPS) is 10.4. The summed E-state index contributed by atoms with van der Waals surface area (Å²) in [6.07, 6.45) is 0.775. The van der Waals surface area contributed by atoms with Crippen molar-refractivity contribution in [1.29, 1.82) is 0 Å². The summed E-state index contributed by atoms with van der Waals surface area (Å²) in [6.45, 7) is 1.91. The standard InChI is InChI=1S/C12H9FO/c1-8-4-9(7-14)5-10-6-11(13)2-3-12(8)10/h2-7H,1H3. The first-order valence-corrected chi connectivity index (χ1v) is 4.36. The van der Waals surface area contributed by atoms with Gasteiger partial charge < -0.3 is 0 Å². The first kappa shape index (κ1) is 8.88. The van der Waals surface area contributed by atoms with Gasteiger partial charge in [-0.3, -0.25) is 4.79 Å². The molecule has 2 rings (SSSR count). The predicted octanol–water partition coefficient (Wildman–Crippen LogP) is 3.10. The van der Waals surface area contributed by atoms with Crippen molar-refractivity contribution in [1.82, 2.24) is 0 Å². The van der Waals surface area contributed by atoms with Crippen molar-refractivity contribution in [2.75, 3.05) is 0 Å². The van der Waals surface area contributed by atoms with E-state index >= 15 is 0 Å². The van der Waals surface area contributed by atoms with Crippen molar-refractivity contribution < 1.29 is 9.18 Å². The summed E-state index contributed by atoms with van der Waals surface area (Å²) in [7, 11) is 0. The number of halogens is 1. The van der Waals surface area contributed by atoms with Crippen molar-refractivity contribution in [3.63, 3.8) is 0 Å². The Morgan fingerprint density at radius 3 is 2.71 bits per heavy atom. The van der Waals surface area contributed by atoms with Gasteiger partial charge in [0, 0.05) is 5.56 Å². The maximum Gasteiger partial charge on any atom is 0.150 e. The predicted molar refractivity (Wildman–Crippen MR) is 54.0 cm³/mol. The molecule has 0 heterocycles. The van der Waals surface area contributed by atoms with E-state index in [-0.39, 0.29) is 5.82 Å². The molecule has 0 atom stereocenters. The molecule has 0 fully saturated rings. The van der Waals surface area contributed by atoms with Crippen LogP contribution in [-0.2, 0) is 0 Å². The molecular weight excluding hydrogens is 179 g/mol. The Morgan fingerprint density at radius 2 is 2.00 bits per heavy atom. The molecule has 0 saturated carbocycles. The topological polar surface area (TPSA) is 17.1 Å². The average Bonchev–Trinajstić information content (AvgIpc) is 2.16. The number of carbonyl (C=O) groups excluding carboxylic acids is 1. The molecule has 0 amide bonds. The van der Waals surface area contributed by atoms with Crippen LogP contribution in [-0.4, -0.2) is 6.29 Å². The zero-order chi connectivity index (χ0) is 10.1. The molecular formula is C12H9FO. The number of aldehydes is 1. The number of hydrogen-bond acceptors (Lipinski definition) is 1.